The summed E-state index contributed by atoms with van der Waals surface area (Å²) in [5.41, 5.74) is 6.20. The average molecular weight is 212 g/mol. The van der Waals surface area contributed by atoms with Crippen LogP contribution in [0.4, 0.5) is 4.79 Å². The van der Waals surface area contributed by atoms with E-state index in [1.54, 1.807) is 4.90 Å². The molecular formula is C11H20N2O2. The van der Waals surface area contributed by atoms with Crippen molar-refractivity contribution in [1.82, 2.24) is 4.90 Å². The van der Waals surface area contributed by atoms with E-state index in [9.17, 15) is 4.79 Å². The first kappa shape index (κ1) is 10.7. The molecule has 2 rings (SSSR count). The fourth-order valence-corrected chi connectivity index (χ4v) is 2.47. The number of hydrogen-bond acceptors (Lipinski definition) is 3. The van der Waals surface area contributed by atoms with Gasteiger partial charge in [-0.25, -0.2) is 4.79 Å². The Hall–Kier alpha value is -0.770. The molecule has 1 aliphatic heterocycles. The summed E-state index contributed by atoms with van der Waals surface area (Å²) in [5.74, 6) is 0.574. The van der Waals surface area contributed by atoms with Crippen molar-refractivity contribution in [2.75, 3.05) is 20.2 Å². The Morgan fingerprint density at radius 1 is 1.60 bits per heavy atom. The molecule has 1 amide bonds. The van der Waals surface area contributed by atoms with E-state index < -0.39 is 0 Å². The molecule has 1 unspecified atom stereocenters. The van der Waals surface area contributed by atoms with Gasteiger partial charge in [0.15, 0.2) is 0 Å². The fraction of sp³-hybridized carbons (Fsp3) is 0.909. The molecule has 0 radical (unpaired) electrons. The van der Waals surface area contributed by atoms with E-state index in [0.717, 1.165) is 38.8 Å². The molecule has 0 spiro atoms. The van der Waals surface area contributed by atoms with Gasteiger partial charge < -0.3 is 15.4 Å². The van der Waals surface area contributed by atoms with Crippen molar-refractivity contribution in [3.8, 4) is 0 Å². The number of amides is 1. The lowest BCUT2D eigenvalue weighted by atomic mass is 9.91. The SMILES string of the molecule is COC(=O)N1CCCC(CC2(N)CC2)C1. The van der Waals surface area contributed by atoms with Crippen LogP contribution in [0.5, 0.6) is 0 Å². The van der Waals surface area contributed by atoms with Gasteiger partial charge in [0.1, 0.15) is 0 Å². The van der Waals surface area contributed by atoms with Crippen LogP contribution < -0.4 is 5.73 Å². The van der Waals surface area contributed by atoms with Crippen LogP contribution in [0.15, 0.2) is 0 Å². The van der Waals surface area contributed by atoms with Crippen LogP contribution in [0.25, 0.3) is 0 Å². The van der Waals surface area contributed by atoms with E-state index in [2.05, 4.69) is 0 Å². The van der Waals surface area contributed by atoms with Gasteiger partial charge in [-0.3, -0.25) is 0 Å². The molecule has 1 saturated carbocycles. The zero-order chi connectivity index (χ0) is 10.9. The number of methoxy groups -OCH3 is 1. The van der Waals surface area contributed by atoms with Crippen LogP contribution >= 0.6 is 0 Å². The van der Waals surface area contributed by atoms with Crippen molar-refractivity contribution in [2.45, 2.75) is 37.6 Å². The quantitative estimate of drug-likeness (QED) is 0.751. The van der Waals surface area contributed by atoms with Crippen LogP contribution in [0.1, 0.15) is 32.1 Å². The van der Waals surface area contributed by atoms with Crippen molar-refractivity contribution < 1.29 is 9.53 Å². The second-order valence-electron chi connectivity index (χ2n) is 4.99. The Morgan fingerprint density at radius 3 is 2.93 bits per heavy atom. The van der Waals surface area contributed by atoms with Crippen molar-refractivity contribution in [1.29, 1.82) is 0 Å². The molecule has 1 saturated heterocycles. The molecule has 2 N–H and O–H groups in total. The number of carbonyl (C=O) groups excluding carboxylic acids is 1. The Labute approximate surface area is 90.8 Å². The van der Waals surface area contributed by atoms with Gasteiger partial charge in [0.05, 0.1) is 7.11 Å². The lowest BCUT2D eigenvalue weighted by Gasteiger charge is -2.32. The number of nitrogens with two attached hydrogens (primary N) is 1. The standard InChI is InChI=1S/C11H20N2O2/c1-15-10(14)13-6-2-3-9(8-13)7-11(12)4-5-11/h9H,2-8,12H2,1H3. The van der Waals surface area contributed by atoms with Gasteiger partial charge in [0, 0.05) is 18.6 Å². The van der Waals surface area contributed by atoms with Crippen LogP contribution in [0.2, 0.25) is 0 Å². The summed E-state index contributed by atoms with van der Waals surface area (Å²) >= 11 is 0. The summed E-state index contributed by atoms with van der Waals surface area (Å²) in [4.78, 5) is 13.2. The predicted molar refractivity (Wildman–Crippen MR) is 57.5 cm³/mol. The Kier molecular flexibility index (Phi) is 2.87. The summed E-state index contributed by atoms with van der Waals surface area (Å²) in [6, 6.07) is 0. The minimum atomic E-state index is -0.193. The van der Waals surface area contributed by atoms with Gasteiger partial charge in [0.25, 0.3) is 0 Å². The molecular weight excluding hydrogens is 192 g/mol. The second kappa shape index (κ2) is 4.00. The summed E-state index contributed by atoms with van der Waals surface area (Å²) in [7, 11) is 1.44. The molecule has 0 aromatic carbocycles. The maximum absolute atomic E-state index is 11.4. The van der Waals surface area contributed by atoms with Gasteiger partial charge in [-0.15, -0.1) is 0 Å². The van der Waals surface area contributed by atoms with Gasteiger partial charge in [-0.05, 0) is 38.0 Å². The van der Waals surface area contributed by atoms with Gasteiger partial charge in [-0.1, -0.05) is 0 Å². The first-order valence-corrected chi connectivity index (χ1v) is 5.75. The normalized spacial score (nSPS) is 28.7. The van der Waals surface area contributed by atoms with Crippen molar-refractivity contribution in [3.63, 3.8) is 0 Å². The van der Waals surface area contributed by atoms with Gasteiger partial charge in [-0.2, -0.15) is 0 Å². The molecule has 15 heavy (non-hydrogen) atoms. The smallest absolute Gasteiger partial charge is 0.409 e. The second-order valence-corrected chi connectivity index (χ2v) is 4.99. The first-order chi connectivity index (χ1) is 7.13. The molecule has 0 aromatic rings. The minimum absolute atomic E-state index is 0.101. The lowest BCUT2D eigenvalue weighted by molar-refractivity contribution is 0.0987. The Balaban J connectivity index is 1.84. The highest BCUT2D eigenvalue weighted by molar-refractivity contribution is 5.67. The zero-order valence-corrected chi connectivity index (χ0v) is 9.37. The maximum atomic E-state index is 11.4. The largest absolute Gasteiger partial charge is 0.453 e. The molecule has 0 bridgehead atoms. The van der Waals surface area contributed by atoms with Crippen LogP contribution in [-0.4, -0.2) is 36.7 Å². The average Bonchev–Trinajstić information content (AvgIpc) is 2.95. The third-order valence-electron chi connectivity index (χ3n) is 3.54. The predicted octanol–water partition coefficient (Wildman–Crippen LogP) is 1.35. The van der Waals surface area contributed by atoms with Crippen molar-refractivity contribution in [3.05, 3.63) is 0 Å². The maximum Gasteiger partial charge on any atom is 0.409 e. The van der Waals surface area contributed by atoms with E-state index >= 15 is 0 Å². The number of nitrogens with zero attached hydrogens (tertiary/aromatic N) is 1. The van der Waals surface area contributed by atoms with E-state index in [4.69, 9.17) is 10.5 Å². The minimum Gasteiger partial charge on any atom is -0.453 e. The number of ether oxygens (including phenoxy) is 1. The zero-order valence-electron chi connectivity index (χ0n) is 9.37. The van der Waals surface area contributed by atoms with Crippen LogP contribution in [-0.2, 0) is 4.74 Å². The number of carbonyl (C=O) groups is 1. The third-order valence-corrected chi connectivity index (χ3v) is 3.54. The fourth-order valence-electron chi connectivity index (χ4n) is 2.47. The molecule has 4 nitrogen and oxygen atoms in total. The molecule has 2 fully saturated rings. The molecule has 1 heterocycles. The molecule has 86 valence electrons. The van der Waals surface area contributed by atoms with E-state index in [1.165, 1.54) is 13.5 Å². The first-order valence-electron chi connectivity index (χ1n) is 5.75. The van der Waals surface area contributed by atoms with E-state index in [0.29, 0.717) is 5.92 Å². The summed E-state index contributed by atoms with van der Waals surface area (Å²) < 4.78 is 4.74. The highest BCUT2D eigenvalue weighted by Gasteiger charge is 2.41. The highest BCUT2D eigenvalue weighted by Crippen LogP contribution is 2.40. The number of hydrogen-bond donors (Lipinski definition) is 1. The van der Waals surface area contributed by atoms with E-state index in [1.807, 2.05) is 0 Å². The number of piperidine rings is 1. The Morgan fingerprint density at radius 2 is 2.33 bits per heavy atom. The monoisotopic (exact) mass is 212 g/mol. The summed E-state index contributed by atoms with van der Waals surface area (Å²) in [5, 5.41) is 0. The van der Waals surface area contributed by atoms with Gasteiger partial charge >= 0.3 is 6.09 Å². The van der Waals surface area contributed by atoms with Crippen molar-refractivity contribution >= 4 is 6.09 Å². The van der Waals surface area contributed by atoms with Gasteiger partial charge in [0.2, 0.25) is 0 Å². The number of rotatable bonds is 2. The van der Waals surface area contributed by atoms with Crippen molar-refractivity contribution in [2.24, 2.45) is 11.7 Å². The molecule has 0 aromatic heterocycles. The third kappa shape index (κ3) is 2.62. The lowest BCUT2D eigenvalue weighted by Crippen LogP contribution is -2.41. The molecule has 1 aliphatic carbocycles. The number of likely N-dealkylation sites (tertiary alicyclic amines) is 1. The topological polar surface area (TPSA) is 55.6 Å². The van der Waals surface area contributed by atoms with E-state index in [-0.39, 0.29) is 11.6 Å². The highest BCUT2D eigenvalue weighted by atomic mass is 16.5. The van der Waals surface area contributed by atoms with Crippen LogP contribution in [0, 0.1) is 5.92 Å². The summed E-state index contributed by atoms with van der Waals surface area (Å²) in [6.45, 7) is 1.66. The molecule has 2 aliphatic rings. The Bertz CT molecular complexity index is 251. The molecule has 4 heteroatoms. The molecule has 1 atom stereocenters. The van der Waals surface area contributed by atoms with Crippen LogP contribution in [0.3, 0.4) is 0 Å². The summed E-state index contributed by atoms with van der Waals surface area (Å²) in [6.07, 6.45) is 5.47.